The molecular formula is C11H12BrFO2. The summed E-state index contributed by atoms with van der Waals surface area (Å²) in [5.74, 6) is 0.680. The Balaban J connectivity index is 2.22. The van der Waals surface area contributed by atoms with Gasteiger partial charge in [0.2, 0.25) is 0 Å². The number of rotatable bonds is 4. The first-order chi connectivity index (χ1) is 7.22. The highest BCUT2D eigenvalue weighted by molar-refractivity contribution is 9.10. The Morgan fingerprint density at radius 1 is 1.47 bits per heavy atom. The van der Waals surface area contributed by atoms with Crippen LogP contribution in [0.4, 0.5) is 4.39 Å². The fourth-order valence-corrected chi connectivity index (χ4v) is 2.27. The summed E-state index contributed by atoms with van der Waals surface area (Å²) in [4.78, 5) is 0. The molecule has 1 fully saturated rings. The van der Waals surface area contributed by atoms with E-state index in [2.05, 4.69) is 15.9 Å². The SMILES string of the molecule is COCOc1cc(F)c(C2CC2)c(Br)c1. The predicted octanol–water partition coefficient (Wildman–Crippen LogP) is 3.45. The van der Waals surface area contributed by atoms with Gasteiger partial charge in [0.05, 0.1) is 0 Å². The van der Waals surface area contributed by atoms with Gasteiger partial charge in [-0.15, -0.1) is 0 Å². The molecule has 0 N–H and O–H groups in total. The van der Waals surface area contributed by atoms with E-state index in [-0.39, 0.29) is 12.6 Å². The summed E-state index contributed by atoms with van der Waals surface area (Å²) in [5, 5.41) is 0. The monoisotopic (exact) mass is 274 g/mol. The topological polar surface area (TPSA) is 18.5 Å². The molecule has 82 valence electrons. The number of ether oxygens (including phenoxy) is 2. The summed E-state index contributed by atoms with van der Waals surface area (Å²) in [6.07, 6.45) is 2.15. The van der Waals surface area contributed by atoms with E-state index < -0.39 is 0 Å². The number of halogens is 2. The van der Waals surface area contributed by atoms with Gasteiger partial charge in [0, 0.05) is 23.2 Å². The molecular weight excluding hydrogens is 263 g/mol. The largest absolute Gasteiger partial charge is 0.467 e. The molecule has 1 aromatic rings. The zero-order valence-electron chi connectivity index (χ0n) is 8.43. The molecule has 2 rings (SSSR count). The molecule has 0 aromatic heterocycles. The van der Waals surface area contributed by atoms with Crippen LogP contribution in [0.2, 0.25) is 0 Å². The van der Waals surface area contributed by atoms with Gasteiger partial charge in [0.1, 0.15) is 11.6 Å². The predicted molar refractivity (Wildman–Crippen MR) is 58.6 cm³/mol. The summed E-state index contributed by atoms with van der Waals surface area (Å²) in [6.45, 7) is 0.134. The Labute approximate surface area is 96.5 Å². The maximum absolute atomic E-state index is 13.7. The molecule has 0 bridgehead atoms. The van der Waals surface area contributed by atoms with Crippen LogP contribution in [0.1, 0.15) is 24.3 Å². The Hall–Kier alpha value is -0.610. The summed E-state index contributed by atoms with van der Waals surface area (Å²) < 4.78 is 24.4. The molecule has 0 spiro atoms. The second-order valence-electron chi connectivity index (χ2n) is 3.63. The Morgan fingerprint density at radius 2 is 2.20 bits per heavy atom. The lowest BCUT2D eigenvalue weighted by Gasteiger charge is -2.09. The Morgan fingerprint density at radius 3 is 2.73 bits per heavy atom. The number of hydrogen-bond donors (Lipinski definition) is 0. The van der Waals surface area contributed by atoms with E-state index in [1.54, 1.807) is 6.07 Å². The van der Waals surface area contributed by atoms with Gasteiger partial charge in [-0.3, -0.25) is 0 Å². The van der Waals surface area contributed by atoms with E-state index in [1.165, 1.54) is 13.2 Å². The molecule has 1 aromatic carbocycles. The molecule has 4 heteroatoms. The van der Waals surface area contributed by atoms with E-state index >= 15 is 0 Å². The molecule has 1 aliphatic rings. The van der Waals surface area contributed by atoms with Crippen LogP contribution in [0, 0.1) is 5.82 Å². The Kier molecular flexibility index (Phi) is 3.26. The normalized spacial score (nSPS) is 15.4. The van der Waals surface area contributed by atoms with Crippen molar-refractivity contribution in [3.05, 3.63) is 28.0 Å². The van der Waals surface area contributed by atoms with Crippen LogP contribution in [-0.2, 0) is 4.74 Å². The molecule has 0 radical (unpaired) electrons. The van der Waals surface area contributed by atoms with Crippen LogP contribution in [0.25, 0.3) is 0 Å². The van der Waals surface area contributed by atoms with Crippen molar-refractivity contribution >= 4 is 15.9 Å². The van der Waals surface area contributed by atoms with Crippen molar-refractivity contribution in [2.75, 3.05) is 13.9 Å². The van der Waals surface area contributed by atoms with E-state index in [4.69, 9.17) is 9.47 Å². The molecule has 0 saturated heterocycles. The molecule has 0 amide bonds. The van der Waals surface area contributed by atoms with Crippen molar-refractivity contribution in [1.82, 2.24) is 0 Å². The van der Waals surface area contributed by atoms with Crippen molar-refractivity contribution in [1.29, 1.82) is 0 Å². The van der Waals surface area contributed by atoms with Crippen molar-refractivity contribution in [2.45, 2.75) is 18.8 Å². The third kappa shape index (κ3) is 2.49. The number of benzene rings is 1. The lowest BCUT2D eigenvalue weighted by molar-refractivity contribution is 0.0508. The molecule has 0 aliphatic heterocycles. The van der Waals surface area contributed by atoms with Crippen LogP contribution in [0.3, 0.4) is 0 Å². The number of methoxy groups -OCH3 is 1. The highest BCUT2D eigenvalue weighted by Gasteiger charge is 2.29. The van der Waals surface area contributed by atoms with Gasteiger partial charge in [-0.2, -0.15) is 0 Å². The quantitative estimate of drug-likeness (QED) is 0.783. The molecule has 1 saturated carbocycles. The van der Waals surface area contributed by atoms with Gasteiger partial charge in [-0.25, -0.2) is 4.39 Å². The fourth-order valence-electron chi connectivity index (χ4n) is 1.53. The van der Waals surface area contributed by atoms with Crippen LogP contribution in [0.5, 0.6) is 5.75 Å². The second kappa shape index (κ2) is 4.49. The lowest BCUT2D eigenvalue weighted by atomic mass is 10.1. The van der Waals surface area contributed by atoms with Gasteiger partial charge in [-0.05, 0) is 24.8 Å². The van der Waals surface area contributed by atoms with Gasteiger partial charge in [-0.1, -0.05) is 15.9 Å². The first-order valence-corrected chi connectivity index (χ1v) is 5.62. The van der Waals surface area contributed by atoms with E-state index in [1.807, 2.05) is 0 Å². The standard InChI is InChI=1S/C11H12BrFO2/c1-14-6-15-8-4-9(12)11(7-2-3-7)10(13)5-8/h4-5,7H,2-3,6H2,1H3. The van der Waals surface area contributed by atoms with Crippen molar-refractivity contribution in [3.63, 3.8) is 0 Å². The molecule has 0 unspecified atom stereocenters. The Bertz CT molecular complexity index is 341. The van der Waals surface area contributed by atoms with Gasteiger partial charge >= 0.3 is 0 Å². The minimum atomic E-state index is -0.196. The average molecular weight is 275 g/mol. The summed E-state index contributed by atoms with van der Waals surface area (Å²) in [6, 6.07) is 3.20. The third-order valence-corrected chi connectivity index (χ3v) is 3.04. The smallest absolute Gasteiger partial charge is 0.188 e. The van der Waals surface area contributed by atoms with Gasteiger partial charge < -0.3 is 9.47 Å². The highest BCUT2D eigenvalue weighted by Crippen LogP contribution is 2.45. The van der Waals surface area contributed by atoms with E-state index in [0.29, 0.717) is 11.7 Å². The van der Waals surface area contributed by atoms with Crippen molar-refractivity contribution in [2.24, 2.45) is 0 Å². The molecule has 1 aliphatic carbocycles. The summed E-state index contributed by atoms with van der Waals surface area (Å²) >= 11 is 3.37. The third-order valence-electron chi connectivity index (χ3n) is 2.38. The highest BCUT2D eigenvalue weighted by atomic mass is 79.9. The molecule has 0 atom stereocenters. The zero-order chi connectivity index (χ0) is 10.8. The zero-order valence-corrected chi connectivity index (χ0v) is 10.0. The summed E-state index contributed by atoms with van der Waals surface area (Å²) in [7, 11) is 1.53. The van der Waals surface area contributed by atoms with Crippen LogP contribution >= 0.6 is 15.9 Å². The van der Waals surface area contributed by atoms with Crippen molar-refractivity contribution < 1.29 is 13.9 Å². The second-order valence-corrected chi connectivity index (χ2v) is 4.48. The maximum atomic E-state index is 13.7. The van der Waals surface area contributed by atoms with Crippen LogP contribution < -0.4 is 4.74 Å². The molecule has 0 heterocycles. The maximum Gasteiger partial charge on any atom is 0.188 e. The van der Waals surface area contributed by atoms with E-state index in [9.17, 15) is 4.39 Å². The van der Waals surface area contributed by atoms with Crippen LogP contribution in [-0.4, -0.2) is 13.9 Å². The van der Waals surface area contributed by atoms with Crippen LogP contribution in [0.15, 0.2) is 16.6 Å². The van der Waals surface area contributed by atoms with Gasteiger partial charge in [0.15, 0.2) is 6.79 Å². The molecule has 2 nitrogen and oxygen atoms in total. The van der Waals surface area contributed by atoms with E-state index in [0.717, 1.165) is 22.9 Å². The fraction of sp³-hybridized carbons (Fsp3) is 0.455. The first-order valence-electron chi connectivity index (χ1n) is 4.83. The average Bonchev–Trinajstić information content (AvgIpc) is 2.97. The number of hydrogen-bond acceptors (Lipinski definition) is 2. The minimum absolute atomic E-state index is 0.134. The van der Waals surface area contributed by atoms with Crippen molar-refractivity contribution in [3.8, 4) is 5.75 Å². The minimum Gasteiger partial charge on any atom is -0.467 e. The summed E-state index contributed by atoms with van der Waals surface area (Å²) in [5.41, 5.74) is 0.778. The molecule has 15 heavy (non-hydrogen) atoms. The lowest BCUT2D eigenvalue weighted by Crippen LogP contribution is -2.00. The van der Waals surface area contributed by atoms with Gasteiger partial charge in [0.25, 0.3) is 0 Å². The first kappa shape index (κ1) is 10.9.